The Bertz CT molecular complexity index is 609. The van der Waals surface area contributed by atoms with E-state index < -0.39 is 10.0 Å². The zero-order valence-electron chi connectivity index (χ0n) is 10.8. The quantitative estimate of drug-likeness (QED) is 0.588. The van der Waals surface area contributed by atoms with Crippen LogP contribution in [0.4, 0.5) is 0 Å². The molecule has 0 heterocycles. The van der Waals surface area contributed by atoms with E-state index >= 15 is 0 Å². The van der Waals surface area contributed by atoms with Crippen molar-refractivity contribution in [3.8, 4) is 6.07 Å². The van der Waals surface area contributed by atoms with E-state index in [0.29, 0.717) is 6.61 Å². The first-order valence-electron chi connectivity index (χ1n) is 5.89. The van der Waals surface area contributed by atoms with E-state index in [1.807, 2.05) is 6.07 Å². The van der Waals surface area contributed by atoms with Gasteiger partial charge >= 0.3 is 0 Å². The molecule has 0 saturated carbocycles. The number of sulfonamides is 1. The molecule has 0 amide bonds. The van der Waals surface area contributed by atoms with Crippen molar-refractivity contribution >= 4 is 21.6 Å². The van der Waals surface area contributed by atoms with Crippen molar-refractivity contribution in [3.63, 3.8) is 0 Å². The summed E-state index contributed by atoms with van der Waals surface area (Å²) in [6.07, 6.45) is 2.45. The van der Waals surface area contributed by atoms with Crippen LogP contribution in [-0.2, 0) is 14.8 Å². The molecule has 7 heteroatoms. The molecule has 20 heavy (non-hydrogen) atoms. The van der Waals surface area contributed by atoms with E-state index in [1.54, 1.807) is 6.08 Å². The average molecular weight is 315 g/mol. The van der Waals surface area contributed by atoms with Gasteiger partial charge in [0.2, 0.25) is 10.0 Å². The SMILES string of the molecule is C=CCCOCCNS(=O)(=O)c1ccc(C#N)c(Cl)c1. The number of nitrogens with one attached hydrogen (secondary N) is 1. The van der Waals surface area contributed by atoms with Crippen molar-refractivity contribution < 1.29 is 13.2 Å². The highest BCUT2D eigenvalue weighted by Crippen LogP contribution is 2.19. The van der Waals surface area contributed by atoms with Gasteiger partial charge in [0.1, 0.15) is 6.07 Å². The molecule has 1 N–H and O–H groups in total. The van der Waals surface area contributed by atoms with Crippen molar-refractivity contribution in [2.75, 3.05) is 19.8 Å². The summed E-state index contributed by atoms with van der Waals surface area (Å²) in [5, 5.41) is 8.84. The van der Waals surface area contributed by atoms with E-state index in [0.717, 1.165) is 6.42 Å². The van der Waals surface area contributed by atoms with E-state index in [1.165, 1.54) is 18.2 Å². The van der Waals surface area contributed by atoms with E-state index in [2.05, 4.69) is 11.3 Å². The maximum Gasteiger partial charge on any atom is 0.240 e. The van der Waals surface area contributed by atoms with Gasteiger partial charge in [0.05, 0.1) is 28.7 Å². The van der Waals surface area contributed by atoms with Crippen LogP contribution < -0.4 is 4.72 Å². The number of nitriles is 1. The Balaban J connectivity index is 2.59. The van der Waals surface area contributed by atoms with Gasteiger partial charge in [-0.25, -0.2) is 13.1 Å². The molecule has 0 spiro atoms. The monoisotopic (exact) mass is 314 g/mol. The lowest BCUT2D eigenvalue weighted by atomic mass is 10.2. The molecular weight excluding hydrogens is 300 g/mol. The standard InChI is InChI=1S/C13H15ClN2O3S/c1-2-3-7-19-8-6-16-20(17,18)12-5-4-11(10-15)13(14)9-12/h2,4-5,9,16H,1,3,6-8H2. The van der Waals surface area contributed by atoms with Gasteiger partial charge in [-0.15, -0.1) is 6.58 Å². The first-order chi connectivity index (χ1) is 9.51. The molecule has 0 saturated heterocycles. The molecule has 0 atom stereocenters. The molecule has 1 aromatic carbocycles. The van der Waals surface area contributed by atoms with Gasteiger partial charge in [0.25, 0.3) is 0 Å². The normalized spacial score (nSPS) is 11.0. The van der Waals surface area contributed by atoms with E-state index in [-0.39, 0.29) is 28.6 Å². The number of halogens is 1. The number of nitrogens with zero attached hydrogens (tertiary/aromatic N) is 1. The van der Waals surface area contributed by atoms with Gasteiger partial charge in [0, 0.05) is 6.54 Å². The van der Waals surface area contributed by atoms with Crippen LogP contribution in [0.3, 0.4) is 0 Å². The molecular formula is C13H15ClN2O3S. The third-order valence-corrected chi connectivity index (χ3v) is 4.15. The van der Waals surface area contributed by atoms with Crippen molar-refractivity contribution in [1.29, 1.82) is 5.26 Å². The second-order valence-electron chi connectivity index (χ2n) is 3.84. The Labute approximate surface area is 123 Å². The average Bonchev–Trinajstić information content (AvgIpc) is 2.42. The fourth-order valence-electron chi connectivity index (χ4n) is 1.35. The van der Waals surface area contributed by atoms with Crippen molar-refractivity contribution in [1.82, 2.24) is 4.72 Å². The maximum atomic E-state index is 11.9. The number of hydrogen-bond donors (Lipinski definition) is 1. The molecule has 1 aromatic rings. The minimum atomic E-state index is -3.64. The number of ether oxygens (including phenoxy) is 1. The van der Waals surface area contributed by atoms with Crippen molar-refractivity contribution in [2.24, 2.45) is 0 Å². The highest BCUT2D eigenvalue weighted by atomic mass is 35.5. The van der Waals surface area contributed by atoms with Gasteiger partial charge in [-0.1, -0.05) is 17.7 Å². The predicted octanol–water partition coefficient (Wildman–Crippen LogP) is 2.08. The van der Waals surface area contributed by atoms with E-state index in [9.17, 15) is 8.42 Å². The highest BCUT2D eigenvalue weighted by Gasteiger charge is 2.15. The second-order valence-corrected chi connectivity index (χ2v) is 6.02. The molecule has 0 radical (unpaired) electrons. The lowest BCUT2D eigenvalue weighted by Crippen LogP contribution is -2.27. The molecule has 1 rings (SSSR count). The lowest BCUT2D eigenvalue weighted by molar-refractivity contribution is 0.144. The van der Waals surface area contributed by atoms with Crippen LogP contribution in [0.5, 0.6) is 0 Å². The number of rotatable bonds is 8. The summed E-state index contributed by atoms with van der Waals surface area (Å²) in [4.78, 5) is 0.0209. The zero-order chi connectivity index (χ0) is 15.0. The number of benzene rings is 1. The summed E-state index contributed by atoms with van der Waals surface area (Å²) in [5.74, 6) is 0. The lowest BCUT2D eigenvalue weighted by Gasteiger charge is -2.08. The Morgan fingerprint density at radius 1 is 1.45 bits per heavy atom. The molecule has 108 valence electrons. The smallest absolute Gasteiger partial charge is 0.240 e. The Morgan fingerprint density at radius 2 is 2.20 bits per heavy atom. The first kappa shape index (κ1) is 16.7. The van der Waals surface area contributed by atoms with Gasteiger partial charge in [-0.05, 0) is 24.6 Å². The van der Waals surface area contributed by atoms with Crippen LogP contribution >= 0.6 is 11.6 Å². The van der Waals surface area contributed by atoms with Crippen LogP contribution in [0.1, 0.15) is 12.0 Å². The molecule has 0 aromatic heterocycles. The third kappa shape index (κ3) is 4.94. The van der Waals surface area contributed by atoms with Crippen LogP contribution in [0, 0.1) is 11.3 Å². The summed E-state index contributed by atoms with van der Waals surface area (Å²) < 4.78 is 31.5. The van der Waals surface area contributed by atoms with E-state index in [4.69, 9.17) is 21.6 Å². The fourth-order valence-corrected chi connectivity index (χ4v) is 2.68. The first-order valence-corrected chi connectivity index (χ1v) is 7.75. The summed E-state index contributed by atoms with van der Waals surface area (Å²) in [6.45, 7) is 4.50. The Hall–Kier alpha value is -1.39. The predicted molar refractivity (Wildman–Crippen MR) is 77.0 cm³/mol. The summed E-state index contributed by atoms with van der Waals surface area (Å²) in [7, 11) is -3.64. The minimum Gasteiger partial charge on any atom is -0.380 e. The molecule has 0 aliphatic carbocycles. The van der Waals surface area contributed by atoms with Crippen LogP contribution in [0.25, 0.3) is 0 Å². The van der Waals surface area contributed by atoms with Gasteiger partial charge in [0.15, 0.2) is 0 Å². The second kappa shape index (κ2) is 8.02. The Morgan fingerprint density at radius 3 is 2.80 bits per heavy atom. The van der Waals surface area contributed by atoms with Crippen LogP contribution in [0.2, 0.25) is 5.02 Å². The summed E-state index contributed by atoms with van der Waals surface area (Å²) >= 11 is 5.81. The van der Waals surface area contributed by atoms with Crippen LogP contribution in [0.15, 0.2) is 35.7 Å². The minimum absolute atomic E-state index is 0.0209. The third-order valence-electron chi connectivity index (χ3n) is 2.38. The molecule has 0 fully saturated rings. The summed E-state index contributed by atoms with van der Waals surface area (Å²) in [6, 6.07) is 5.83. The van der Waals surface area contributed by atoms with Crippen molar-refractivity contribution in [2.45, 2.75) is 11.3 Å². The summed E-state index contributed by atoms with van der Waals surface area (Å²) in [5.41, 5.74) is 0.235. The van der Waals surface area contributed by atoms with Gasteiger partial charge in [-0.2, -0.15) is 5.26 Å². The van der Waals surface area contributed by atoms with Gasteiger partial charge in [-0.3, -0.25) is 0 Å². The fraction of sp³-hybridized carbons (Fsp3) is 0.308. The zero-order valence-corrected chi connectivity index (χ0v) is 12.4. The highest BCUT2D eigenvalue weighted by molar-refractivity contribution is 7.89. The van der Waals surface area contributed by atoms with Gasteiger partial charge < -0.3 is 4.74 Å². The molecule has 0 aliphatic heterocycles. The van der Waals surface area contributed by atoms with Crippen molar-refractivity contribution in [3.05, 3.63) is 41.4 Å². The molecule has 0 aliphatic rings. The molecule has 0 unspecified atom stereocenters. The Kier molecular flexibility index (Phi) is 6.68. The molecule has 0 bridgehead atoms. The largest absolute Gasteiger partial charge is 0.380 e. The topological polar surface area (TPSA) is 79.2 Å². The maximum absolute atomic E-state index is 11.9. The van der Waals surface area contributed by atoms with Crippen LogP contribution in [-0.4, -0.2) is 28.2 Å². The molecule has 5 nitrogen and oxygen atoms in total. The number of hydrogen-bond acceptors (Lipinski definition) is 4.